The van der Waals surface area contributed by atoms with E-state index in [4.69, 9.17) is 15.0 Å². The Morgan fingerprint density at radius 2 is 1.83 bits per heavy atom. The lowest BCUT2D eigenvalue weighted by molar-refractivity contribution is -0.142. The number of azide groups is 1. The van der Waals surface area contributed by atoms with E-state index in [1.54, 1.807) is 27.7 Å². The number of benzene rings is 1. The number of aliphatic carboxylic acids is 1. The molecule has 0 aliphatic rings. The van der Waals surface area contributed by atoms with Crippen LogP contribution in [0.2, 0.25) is 0 Å². The molecule has 0 aliphatic heterocycles. The monoisotopic (exact) mass is 491 g/mol. The maximum atomic E-state index is 12.9. The van der Waals surface area contributed by atoms with Gasteiger partial charge in [-0.3, -0.25) is 9.69 Å². The Hall–Kier alpha value is -3.46. The number of amides is 2. The molecule has 35 heavy (non-hydrogen) atoms. The van der Waals surface area contributed by atoms with Gasteiger partial charge < -0.3 is 19.9 Å². The highest BCUT2D eigenvalue weighted by atomic mass is 16.6. The van der Waals surface area contributed by atoms with Crippen molar-refractivity contribution in [3.63, 3.8) is 0 Å². The van der Waals surface area contributed by atoms with Crippen LogP contribution in [-0.4, -0.2) is 65.9 Å². The van der Waals surface area contributed by atoms with E-state index < -0.39 is 35.7 Å². The van der Waals surface area contributed by atoms with E-state index >= 15 is 0 Å². The van der Waals surface area contributed by atoms with Crippen LogP contribution in [0.3, 0.4) is 0 Å². The molecule has 2 atom stereocenters. The van der Waals surface area contributed by atoms with Crippen LogP contribution in [0.1, 0.15) is 57.2 Å². The zero-order valence-corrected chi connectivity index (χ0v) is 21.6. The summed E-state index contributed by atoms with van der Waals surface area (Å²) in [5, 5.41) is 15.8. The Morgan fingerprint density at radius 3 is 2.31 bits per heavy atom. The van der Waals surface area contributed by atoms with Crippen molar-refractivity contribution in [3.8, 4) is 5.75 Å². The summed E-state index contributed by atoms with van der Waals surface area (Å²) in [6.07, 6.45) is 0.279. The fourth-order valence-electron chi connectivity index (χ4n) is 3.50. The van der Waals surface area contributed by atoms with E-state index in [0.717, 1.165) is 16.7 Å². The van der Waals surface area contributed by atoms with Crippen LogP contribution < -0.4 is 10.1 Å². The zero-order valence-electron chi connectivity index (χ0n) is 21.6. The van der Waals surface area contributed by atoms with Gasteiger partial charge in [-0.25, -0.2) is 9.59 Å². The number of aryl methyl sites for hydroxylation is 2. The van der Waals surface area contributed by atoms with Gasteiger partial charge in [0.1, 0.15) is 23.4 Å². The Bertz CT molecular complexity index is 929. The van der Waals surface area contributed by atoms with Crippen LogP contribution in [0, 0.1) is 13.8 Å². The third-order valence-electron chi connectivity index (χ3n) is 5.27. The van der Waals surface area contributed by atoms with E-state index in [0.29, 0.717) is 25.3 Å². The molecule has 1 rings (SSSR count). The molecule has 0 spiro atoms. The lowest BCUT2D eigenvalue weighted by atomic mass is 9.95. The molecule has 1 aromatic rings. The predicted octanol–water partition coefficient (Wildman–Crippen LogP) is 4.14. The molecule has 0 saturated heterocycles. The molecular weight excluding hydrogens is 454 g/mol. The topological polar surface area (TPSA) is 154 Å². The summed E-state index contributed by atoms with van der Waals surface area (Å²) in [5.41, 5.74) is 10.0. The van der Waals surface area contributed by atoms with E-state index in [9.17, 15) is 19.5 Å². The van der Waals surface area contributed by atoms with Crippen molar-refractivity contribution < 1.29 is 29.0 Å². The molecule has 0 saturated carbocycles. The summed E-state index contributed by atoms with van der Waals surface area (Å²) in [5.74, 6) is -1.11. The van der Waals surface area contributed by atoms with Gasteiger partial charge in [-0.1, -0.05) is 12.0 Å². The third-order valence-corrected chi connectivity index (χ3v) is 5.27. The summed E-state index contributed by atoms with van der Waals surface area (Å²) in [6.45, 7) is 11.3. The van der Waals surface area contributed by atoms with Crippen molar-refractivity contribution in [1.29, 1.82) is 0 Å². The summed E-state index contributed by atoms with van der Waals surface area (Å²) >= 11 is 0. The summed E-state index contributed by atoms with van der Waals surface area (Å²) < 4.78 is 11.0. The minimum Gasteiger partial charge on any atom is -0.494 e. The number of nitrogens with one attached hydrogen (secondary N) is 1. The Kier molecular flexibility index (Phi) is 11.4. The van der Waals surface area contributed by atoms with Crippen molar-refractivity contribution in [2.24, 2.45) is 5.11 Å². The summed E-state index contributed by atoms with van der Waals surface area (Å²) in [6, 6.07) is 1.55. The first-order chi connectivity index (χ1) is 16.3. The number of ether oxygens (including phenoxy) is 2. The Morgan fingerprint density at radius 1 is 1.23 bits per heavy atom. The molecule has 1 aromatic carbocycles. The van der Waals surface area contributed by atoms with Crippen molar-refractivity contribution in [2.45, 2.75) is 78.5 Å². The average Bonchev–Trinajstić information content (AvgIpc) is 2.74. The highest BCUT2D eigenvalue weighted by molar-refractivity contribution is 5.89. The van der Waals surface area contributed by atoms with Crippen LogP contribution in [0.15, 0.2) is 17.2 Å². The number of nitrogens with zero attached hydrogens (tertiary/aromatic N) is 4. The molecule has 0 fully saturated rings. The molecule has 11 heteroatoms. The third kappa shape index (κ3) is 9.74. The fourth-order valence-corrected chi connectivity index (χ4v) is 3.50. The van der Waals surface area contributed by atoms with Crippen LogP contribution in [0.25, 0.3) is 10.4 Å². The lowest BCUT2D eigenvalue weighted by Gasteiger charge is -2.30. The number of hydrogen-bond donors (Lipinski definition) is 2. The second-order valence-electron chi connectivity index (χ2n) is 9.31. The number of carbonyl (C=O) groups excluding carboxylic acids is 2. The number of carboxylic acid groups (broad SMARTS) is 1. The maximum Gasteiger partial charge on any atom is 0.410 e. The van der Waals surface area contributed by atoms with Crippen LogP contribution in [0.5, 0.6) is 5.75 Å². The molecule has 0 radical (unpaired) electrons. The number of carboxylic acids is 1. The van der Waals surface area contributed by atoms with Gasteiger partial charge in [-0.05, 0) is 81.8 Å². The summed E-state index contributed by atoms with van der Waals surface area (Å²) in [4.78, 5) is 41.2. The van der Waals surface area contributed by atoms with Crippen molar-refractivity contribution in [2.75, 3.05) is 20.2 Å². The van der Waals surface area contributed by atoms with Gasteiger partial charge in [0.05, 0.1) is 6.61 Å². The van der Waals surface area contributed by atoms with Crippen molar-refractivity contribution >= 4 is 18.0 Å². The van der Waals surface area contributed by atoms with Crippen LogP contribution in [-0.2, 0) is 20.7 Å². The molecule has 0 unspecified atom stereocenters. The van der Waals surface area contributed by atoms with E-state index in [1.165, 1.54) is 11.9 Å². The minimum atomic E-state index is -1.18. The van der Waals surface area contributed by atoms with Gasteiger partial charge in [0.2, 0.25) is 5.91 Å². The molecule has 2 amide bonds. The summed E-state index contributed by atoms with van der Waals surface area (Å²) in [7, 11) is 1.46. The number of rotatable bonds is 12. The largest absolute Gasteiger partial charge is 0.494 e. The standard InChI is InChI=1S/C24H37N5O6/c1-8-20(29(7)23(33)35-24(4,5)6)21(30)27-19(22(31)32)14-18-15(2)12-17(13-16(18)3)34-11-9-10-26-28-25/h12-13,19-20H,8-11,14H2,1-7H3,(H,27,30)(H,31,32)/t19-,20-/m0/s1. The van der Waals surface area contributed by atoms with E-state index in [2.05, 4.69) is 15.3 Å². The Labute approximate surface area is 206 Å². The molecule has 11 nitrogen and oxygen atoms in total. The molecule has 0 heterocycles. The molecule has 0 aliphatic carbocycles. The SMILES string of the molecule is CC[C@@H](C(=O)N[C@@H](Cc1c(C)cc(OCCCN=[N+]=[N-])cc1C)C(=O)O)N(C)C(=O)OC(C)(C)C. The van der Waals surface area contributed by atoms with Crippen LogP contribution >= 0.6 is 0 Å². The first-order valence-electron chi connectivity index (χ1n) is 11.5. The quantitative estimate of drug-likeness (QED) is 0.194. The molecule has 0 aromatic heterocycles. The maximum absolute atomic E-state index is 12.9. The normalized spacial score (nSPS) is 12.7. The first kappa shape index (κ1) is 29.6. The zero-order chi connectivity index (χ0) is 26.8. The smallest absolute Gasteiger partial charge is 0.410 e. The molecule has 0 bridgehead atoms. The lowest BCUT2D eigenvalue weighted by Crippen LogP contribution is -2.53. The van der Waals surface area contributed by atoms with Crippen molar-refractivity contribution in [3.05, 3.63) is 39.3 Å². The van der Waals surface area contributed by atoms with Gasteiger partial charge in [-0.15, -0.1) is 0 Å². The second-order valence-corrected chi connectivity index (χ2v) is 9.31. The fraction of sp³-hybridized carbons (Fsp3) is 0.625. The van der Waals surface area contributed by atoms with E-state index in [-0.39, 0.29) is 12.8 Å². The Balaban J connectivity index is 2.94. The number of carbonyl (C=O) groups is 3. The van der Waals surface area contributed by atoms with Gasteiger partial charge >= 0.3 is 12.1 Å². The highest BCUT2D eigenvalue weighted by Crippen LogP contribution is 2.24. The number of hydrogen-bond acceptors (Lipinski definition) is 6. The van der Waals surface area contributed by atoms with Gasteiger partial charge in [0.25, 0.3) is 0 Å². The molecule has 194 valence electrons. The van der Waals surface area contributed by atoms with Gasteiger partial charge in [0.15, 0.2) is 0 Å². The second kappa shape index (κ2) is 13.4. The van der Waals surface area contributed by atoms with Crippen LogP contribution in [0.4, 0.5) is 4.79 Å². The highest BCUT2D eigenvalue weighted by Gasteiger charge is 2.32. The van der Waals surface area contributed by atoms with Gasteiger partial charge in [-0.2, -0.15) is 0 Å². The first-order valence-corrected chi connectivity index (χ1v) is 11.5. The molecule has 2 N–H and O–H groups in total. The predicted molar refractivity (Wildman–Crippen MR) is 131 cm³/mol. The minimum absolute atomic E-state index is 0.0719. The van der Waals surface area contributed by atoms with E-state index in [1.807, 2.05) is 26.0 Å². The average molecular weight is 492 g/mol. The van der Waals surface area contributed by atoms with Crippen molar-refractivity contribution in [1.82, 2.24) is 10.2 Å². The van der Waals surface area contributed by atoms with Gasteiger partial charge in [0, 0.05) is 24.9 Å². The number of likely N-dealkylation sites (N-methyl/N-ethyl adjacent to an activating group) is 1. The molecular formula is C24H37N5O6.